The summed E-state index contributed by atoms with van der Waals surface area (Å²) < 4.78 is 15.3. The van der Waals surface area contributed by atoms with E-state index in [-0.39, 0.29) is 5.82 Å². The van der Waals surface area contributed by atoms with Gasteiger partial charge in [0.05, 0.1) is 18.1 Å². The first kappa shape index (κ1) is 15.0. The lowest BCUT2D eigenvalue weighted by molar-refractivity contribution is 0.628. The number of fused-ring (bicyclic) bond motifs is 1. The number of H-pyrrole nitrogens is 1. The van der Waals surface area contributed by atoms with Crippen molar-refractivity contribution in [3.63, 3.8) is 0 Å². The van der Waals surface area contributed by atoms with E-state index in [1.165, 1.54) is 12.1 Å². The van der Waals surface area contributed by atoms with Gasteiger partial charge < -0.3 is 0 Å². The molecule has 4 aromatic heterocycles. The molecule has 0 saturated carbocycles. The van der Waals surface area contributed by atoms with Crippen LogP contribution in [0.2, 0.25) is 0 Å². The van der Waals surface area contributed by atoms with Crippen molar-refractivity contribution in [1.29, 1.82) is 0 Å². The Hall–Kier alpha value is -3.32. The minimum atomic E-state index is -0.261. The van der Waals surface area contributed by atoms with Crippen molar-refractivity contribution >= 4 is 17.0 Å². The molecule has 1 N–H and O–H groups in total. The molecule has 0 amide bonds. The fourth-order valence-electron chi connectivity index (χ4n) is 2.99. The van der Waals surface area contributed by atoms with Gasteiger partial charge in [-0.05, 0) is 36.4 Å². The quantitative estimate of drug-likeness (QED) is 0.509. The minimum absolute atomic E-state index is 0.261. The maximum absolute atomic E-state index is 13.2. The molecule has 5 nitrogen and oxygen atoms in total. The number of halogens is 1. The van der Waals surface area contributed by atoms with Gasteiger partial charge in [0.25, 0.3) is 0 Å². The molecule has 4 heterocycles. The van der Waals surface area contributed by atoms with Crippen molar-refractivity contribution in [3.05, 3.63) is 72.4 Å². The zero-order valence-corrected chi connectivity index (χ0v) is 14.2. The first-order chi connectivity index (χ1) is 12.8. The molecule has 5 aromatic rings. The van der Waals surface area contributed by atoms with Crippen LogP contribution in [-0.4, -0.2) is 24.6 Å². The highest BCUT2D eigenvalue weighted by Gasteiger charge is 2.13. The van der Waals surface area contributed by atoms with Crippen LogP contribution in [0.3, 0.4) is 0 Å². The molecule has 0 aliphatic heterocycles. The summed E-state index contributed by atoms with van der Waals surface area (Å²) >= 11 is 1.57. The highest BCUT2D eigenvalue weighted by atomic mass is 32.1. The third kappa shape index (κ3) is 2.41. The Morgan fingerprint density at radius 1 is 0.962 bits per heavy atom. The highest BCUT2D eigenvalue weighted by molar-refractivity contribution is 7.13. The minimum Gasteiger partial charge on any atom is -0.297 e. The number of hydrogen-bond donors (Lipinski definition) is 1. The number of imidazole rings is 1. The lowest BCUT2D eigenvalue weighted by Gasteiger charge is -2.06. The molecule has 0 atom stereocenters. The molecule has 0 aliphatic rings. The van der Waals surface area contributed by atoms with Crippen LogP contribution in [0.25, 0.3) is 38.7 Å². The first-order valence-corrected chi connectivity index (χ1v) is 8.84. The Kier molecular flexibility index (Phi) is 3.39. The number of hydrogen-bond acceptors (Lipinski definition) is 4. The number of benzene rings is 1. The van der Waals surface area contributed by atoms with E-state index < -0.39 is 0 Å². The van der Waals surface area contributed by atoms with Gasteiger partial charge in [-0.2, -0.15) is 5.10 Å². The summed E-state index contributed by atoms with van der Waals surface area (Å²) in [5.41, 5.74) is 5.46. The van der Waals surface area contributed by atoms with Crippen LogP contribution in [0, 0.1) is 5.82 Å². The SMILES string of the molecule is Fc1ccc(-c2[nH]ncc2-c2ccc3ncc(-c4nccs4)n3c2)cc1. The van der Waals surface area contributed by atoms with Crippen molar-refractivity contribution in [2.75, 3.05) is 0 Å². The summed E-state index contributed by atoms with van der Waals surface area (Å²) in [4.78, 5) is 8.83. The molecule has 7 heteroatoms. The van der Waals surface area contributed by atoms with Crippen molar-refractivity contribution in [2.45, 2.75) is 0 Å². The summed E-state index contributed by atoms with van der Waals surface area (Å²) in [6.45, 7) is 0. The summed E-state index contributed by atoms with van der Waals surface area (Å²) in [7, 11) is 0. The van der Waals surface area contributed by atoms with E-state index in [4.69, 9.17) is 0 Å². The second-order valence-corrected chi connectivity index (χ2v) is 6.69. The van der Waals surface area contributed by atoms with Crippen molar-refractivity contribution < 1.29 is 4.39 Å². The molecule has 26 heavy (non-hydrogen) atoms. The summed E-state index contributed by atoms with van der Waals surface area (Å²) in [5, 5.41) is 10.1. The molecule has 0 unspecified atom stereocenters. The molecule has 0 aliphatic carbocycles. The Morgan fingerprint density at radius 3 is 2.62 bits per heavy atom. The van der Waals surface area contributed by atoms with Crippen LogP contribution in [0.4, 0.5) is 4.39 Å². The molecule has 0 bridgehead atoms. The molecular weight excluding hydrogens is 349 g/mol. The zero-order valence-electron chi connectivity index (χ0n) is 13.4. The van der Waals surface area contributed by atoms with Crippen LogP contribution in [0.1, 0.15) is 0 Å². The molecule has 0 radical (unpaired) electrons. The second kappa shape index (κ2) is 5.89. The van der Waals surface area contributed by atoms with E-state index in [9.17, 15) is 4.39 Å². The molecular formula is C19H12FN5S. The summed E-state index contributed by atoms with van der Waals surface area (Å²) in [6, 6.07) is 10.3. The predicted molar refractivity (Wildman–Crippen MR) is 99.3 cm³/mol. The maximum Gasteiger partial charge on any atom is 0.141 e. The van der Waals surface area contributed by atoms with Gasteiger partial charge in [0.15, 0.2) is 0 Å². The van der Waals surface area contributed by atoms with E-state index >= 15 is 0 Å². The average molecular weight is 361 g/mol. The molecule has 0 saturated heterocycles. The topological polar surface area (TPSA) is 58.9 Å². The Labute approximate surface area is 151 Å². The third-order valence-corrected chi connectivity index (χ3v) is 5.04. The van der Waals surface area contributed by atoms with Gasteiger partial charge in [-0.1, -0.05) is 0 Å². The highest BCUT2D eigenvalue weighted by Crippen LogP contribution is 2.31. The molecule has 126 valence electrons. The molecule has 0 fully saturated rings. The van der Waals surface area contributed by atoms with Crippen molar-refractivity contribution in [1.82, 2.24) is 24.6 Å². The van der Waals surface area contributed by atoms with E-state index in [0.29, 0.717) is 0 Å². The fraction of sp³-hybridized carbons (Fsp3) is 0. The number of pyridine rings is 1. The van der Waals surface area contributed by atoms with Gasteiger partial charge in [-0.25, -0.2) is 14.4 Å². The second-order valence-electron chi connectivity index (χ2n) is 5.79. The van der Waals surface area contributed by atoms with Gasteiger partial charge >= 0.3 is 0 Å². The number of nitrogens with zero attached hydrogens (tertiary/aromatic N) is 4. The normalized spacial score (nSPS) is 11.3. The number of thiazole rings is 1. The fourth-order valence-corrected chi connectivity index (χ4v) is 3.63. The van der Waals surface area contributed by atoms with Crippen LogP contribution in [0.5, 0.6) is 0 Å². The van der Waals surface area contributed by atoms with Crippen LogP contribution >= 0.6 is 11.3 Å². The van der Waals surface area contributed by atoms with E-state index in [0.717, 1.165) is 38.7 Å². The van der Waals surface area contributed by atoms with Gasteiger partial charge in [0.1, 0.15) is 22.2 Å². The smallest absolute Gasteiger partial charge is 0.141 e. The van der Waals surface area contributed by atoms with Gasteiger partial charge in [-0.3, -0.25) is 9.50 Å². The monoisotopic (exact) mass is 361 g/mol. The summed E-state index contributed by atoms with van der Waals surface area (Å²) in [6.07, 6.45) is 7.41. The average Bonchev–Trinajstić information content (AvgIpc) is 3.41. The number of aromatic nitrogens is 5. The lowest BCUT2D eigenvalue weighted by Crippen LogP contribution is -1.90. The summed E-state index contributed by atoms with van der Waals surface area (Å²) in [5.74, 6) is -0.261. The van der Waals surface area contributed by atoms with Gasteiger partial charge in [0.2, 0.25) is 0 Å². The first-order valence-electron chi connectivity index (χ1n) is 7.96. The Balaban J connectivity index is 1.65. The molecule has 5 rings (SSSR count). The Morgan fingerprint density at radius 2 is 1.81 bits per heavy atom. The van der Waals surface area contributed by atoms with E-state index in [1.807, 2.05) is 34.3 Å². The van der Waals surface area contributed by atoms with Crippen LogP contribution in [0.15, 0.2) is 66.6 Å². The number of aromatic amines is 1. The third-order valence-electron chi connectivity index (χ3n) is 4.24. The largest absolute Gasteiger partial charge is 0.297 e. The predicted octanol–water partition coefficient (Wildman–Crippen LogP) is 4.65. The maximum atomic E-state index is 13.2. The number of rotatable bonds is 3. The van der Waals surface area contributed by atoms with Crippen molar-refractivity contribution in [3.8, 4) is 33.1 Å². The standard InChI is InChI=1S/C19H12FN5S/c20-14-4-1-12(2-5-14)18-15(9-23-24-18)13-3-6-17-22-10-16(25(17)11-13)19-21-7-8-26-19/h1-11H,(H,23,24). The zero-order chi connectivity index (χ0) is 17.5. The molecule has 0 spiro atoms. The van der Waals surface area contributed by atoms with E-state index in [1.54, 1.807) is 35.9 Å². The Bertz CT molecular complexity index is 1190. The van der Waals surface area contributed by atoms with Crippen molar-refractivity contribution in [2.24, 2.45) is 0 Å². The van der Waals surface area contributed by atoms with Gasteiger partial charge in [0, 0.05) is 34.5 Å². The van der Waals surface area contributed by atoms with Crippen LogP contribution in [-0.2, 0) is 0 Å². The molecule has 1 aromatic carbocycles. The van der Waals surface area contributed by atoms with Crippen LogP contribution < -0.4 is 0 Å². The van der Waals surface area contributed by atoms with E-state index in [2.05, 4.69) is 20.2 Å². The lowest BCUT2D eigenvalue weighted by atomic mass is 10.0. The van der Waals surface area contributed by atoms with Gasteiger partial charge in [-0.15, -0.1) is 11.3 Å². The number of nitrogens with one attached hydrogen (secondary N) is 1.